The van der Waals surface area contributed by atoms with Crippen LogP contribution < -0.4 is 0 Å². The molecule has 1 aliphatic carbocycles. The zero-order valence-electron chi connectivity index (χ0n) is 9.46. The molecule has 2 bridgehead atoms. The van der Waals surface area contributed by atoms with Gasteiger partial charge in [0.05, 0.1) is 11.5 Å². The molecule has 2 N–H and O–H groups in total. The summed E-state index contributed by atoms with van der Waals surface area (Å²) in [5, 5.41) is 8.95. The maximum atomic E-state index is 12.4. The van der Waals surface area contributed by atoms with Gasteiger partial charge in [0, 0.05) is 24.5 Å². The molecule has 94 valence electrons. The third-order valence-corrected chi connectivity index (χ3v) is 5.75. The standard InChI is InChI=1S/C11H16N2O3S/c14-7-9-4-11(5-12-9)17(15,16)13-6-8-1-2-10(13)3-8/h4-5,8,10,12,14H,1-3,6-7H2. The predicted octanol–water partition coefficient (Wildman–Crippen LogP) is 0.680. The minimum absolute atomic E-state index is 0.165. The minimum atomic E-state index is -3.37. The largest absolute Gasteiger partial charge is 0.390 e. The molecule has 1 saturated heterocycles. The van der Waals surface area contributed by atoms with Crippen molar-refractivity contribution in [2.45, 2.75) is 36.8 Å². The Kier molecular flexibility index (Phi) is 2.53. The summed E-state index contributed by atoms with van der Waals surface area (Å²) in [5.41, 5.74) is 0.535. The number of hydrogen-bond acceptors (Lipinski definition) is 3. The number of hydrogen-bond donors (Lipinski definition) is 2. The zero-order chi connectivity index (χ0) is 12.0. The van der Waals surface area contributed by atoms with Gasteiger partial charge in [-0.05, 0) is 31.2 Å². The molecule has 0 radical (unpaired) electrons. The Hall–Kier alpha value is -0.850. The number of aromatic amines is 1. The highest BCUT2D eigenvalue weighted by Crippen LogP contribution is 2.40. The first-order valence-corrected chi connectivity index (χ1v) is 7.35. The van der Waals surface area contributed by atoms with E-state index in [9.17, 15) is 8.42 Å². The first-order chi connectivity index (χ1) is 8.11. The van der Waals surface area contributed by atoms with Crippen molar-refractivity contribution in [1.82, 2.24) is 9.29 Å². The number of rotatable bonds is 3. The highest BCUT2D eigenvalue weighted by Gasteiger charge is 2.44. The van der Waals surface area contributed by atoms with Crippen molar-refractivity contribution < 1.29 is 13.5 Å². The van der Waals surface area contributed by atoms with E-state index in [1.807, 2.05) is 0 Å². The molecule has 1 saturated carbocycles. The fraction of sp³-hybridized carbons (Fsp3) is 0.636. The van der Waals surface area contributed by atoms with E-state index in [1.54, 1.807) is 4.31 Å². The lowest BCUT2D eigenvalue weighted by atomic mass is 10.1. The van der Waals surface area contributed by atoms with Crippen LogP contribution in [-0.2, 0) is 16.6 Å². The van der Waals surface area contributed by atoms with Gasteiger partial charge in [-0.15, -0.1) is 0 Å². The number of nitrogens with one attached hydrogen (secondary N) is 1. The molecular weight excluding hydrogens is 240 g/mol. The van der Waals surface area contributed by atoms with Gasteiger partial charge < -0.3 is 10.1 Å². The minimum Gasteiger partial charge on any atom is -0.390 e. The molecule has 0 aromatic carbocycles. The van der Waals surface area contributed by atoms with Crippen LogP contribution in [-0.4, -0.2) is 35.4 Å². The molecule has 2 fully saturated rings. The monoisotopic (exact) mass is 256 g/mol. The maximum Gasteiger partial charge on any atom is 0.244 e. The lowest BCUT2D eigenvalue weighted by Crippen LogP contribution is -2.37. The van der Waals surface area contributed by atoms with Gasteiger partial charge in [0.15, 0.2) is 0 Å². The Morgan fingerprint density at radius 1 is 1.47 bits per heavy atom. The summed E-state index contributed by atoms with van der Waals surface area (Å²) in [6.45, 7) is 0.494. The van der Waals surface area contributed by atoms with Crippen LogP contribution in [0.1, 0.15) is 25.0 Å². The molecule has 2 aliphatic rings. The summed E-state index contributed by atoms with van der Waals surface area (Å²) < 4.78 is 26.4. The lowest BCUT2D eigenvalue weighted by molar-refractivity contribution is 0.277. The number of sulfonamides is 1. The molecule has 1 aromatic heterocycles. The first kappa shape index (κ1) is 11.3. The number of piperidine rings is 1. The van der Waals surface area contributed by atoms with Crippen LogP contribution in [0, 0.1) is 5.92 Å². The Labute approximate surface area is 100 Å². The Balaban J connectivity index is 1.90. The van der Waals surface area contributed by atoms with E-state index in [0.717, 1.165) is 19.3 Å². The fourth-order valence-electron chi connectivity index (χ4n) is 2.97. The number of fused-ring (bicyclic) bond motifs is 2. The van der Waals surface area contributed by atoms with Crippen LogP contribution in [0.5, 0.6) is 0 Å². The molecule has 1 aliphatic heterocycles. The molecule has 2 atom stereocenters. The van der Waals surface area contributed by atoms with Crippen LogP contribution >= 0.6 is 0 Å². The SMILES string of the molecule is O=S(=O)(c1c[nH]c(CO)c1)N1CC2CCC1C2. The van der Waals surface area contributed by atoms with Crippen molar-refractivity contribution in [1.29, 1.82) is 0 Å². The van der Waals surface area contributed by atoms with Gasteiger partial charge in [0.2, 0.25) is 10.0 Å². The van der Waals surface area contributed by atoms with Gasteiger partial charge in [-0.2, -0.15) is 4.31 Å². The molecule has 1 aromatic rings. The van der Waals surface area contributed by atoms with E-state index < -0.39 is 10.0 Å². The molecule has 0 amide bonds. The number of nitrogens with zero attached hydrogens (tertiary/aromatic N) is 1. The summed E-state index contributed by atoms with van der Waals surface area (Å²) in [5.74, 6) is 0.547. The summed E-state index contributed by atoms with van der Waals surface area (Å²) >= 11 is 0. The second-order valence-corrected chi connectivity index (χ2v) is 6.82. The van der Waals surface area contributed by atoms with Crippen LogP contribution in [0.4, 0.5) is 0 Å². The summed E-state index contributed by atoms with van der Waals surface area (Å²) in [6.07, 6.45) is 4.62. The third-order valence-electron chi connectivity index (χ3n) is 3.85. The molecule has 17 heavy (non-hydrogen) atoms. The van der Waals surface area contributed by atoms with E-state index in [1.165, 1.54) is 12.3 Å². The fourth-order valence-corrected chi connectivity index (χ4v) is 4.73. The number of aromatic nitrogens is 1. The van der Waals surface area contributed by atoms with Gasteiger partial charge in [0.25, 0.3) is 0 Å². The Bertz CT molecular complexity index is 523. The molecule has 2 heterocycles. The van der Waals surface area contributed by atoms with E-state index in [4.69, 9.17) is 5.11 Å². The van der Waals surface area contributed by atoms with E-state index in [0.29, 0.717) is 18.2 Å². The molecule has 2 unspecified atom stereocenters. The molecular formula is C11H16N2O3S. The van der Waals surface area contributed by atoms with Gasteiger partial charge in [-0.1, -0.05) is 0 Å². The summed E-state index contributed by atoms with van der Waals surface area (Å²) in [7, 11) is -3.37. The first-order valence-electron chi connectivity index (χ1n) is 5.91. The topological polar surface area (TPSA) is 73.4 Å². The Morgan fingerprint density at radius 2 is 2.29 bits per heavy atom. The normalized spacial score (nSPS) is 29.0. The summed E-state index contributed by atoms with van der Waals surface area (Å²) in [6, 6.07) is 1.71. The highest BCUT2D eigenvalue weighted by molar-refractivity contribution is 7.89. The van der Waals surface area contributed by atoms with Crippen LogP contribution in [0.25, 0.3) is 0 Å². The molecule has 5 nitrogen and oxygen atoms in total. The van der Waals surface area contributed by atoms with Crippen LogP contribution in [0.2, 0.25) is 0 Å². The van der Waals surface area contributed by atoms with Crippen LogP contribution in [0.3, 0.4) is 0 Å². The van der Waals surface area contributed by atoms with Gasteiger partial charge in [-0.3, -0.25) is 0 Å². The van der Waals surface area contributed by atoms with Gasteiger partial charge in [0.1, 0.15) is 0 Å². The smallest absolute Gasteiger partial charge is 0.244 e. The summed E-state index contributed by atoms with van der Waals surface area (Å²) in [4.78, 5) is 3.05. The average molecular weight is 256 g/mol. The Morgan fingerprint density at radius 3 is 2.82 bits per heavy atom. The number of H-pyrrole nitrogens is 1. The zero-order valence-corrected chi connectivity index (χ0v) is 10.3. The average Bonchev–Trinajstić information content (AvgIpc) is 3.04. The van der Waals surface area contributed by atoms with Gasteiger partial charge >= 0.3 is 0 Å². The lowest BCUT2D eigenvalue weighted by Gasteiger charge is -2.25. The van der Waals surface area contributed by atoms with E-state index in [2.05, 4.69) is 4.98 Å². The maximum absolute atomic E-state index is 12.4. The predicted molar refractivity (Wildman–Crippen MR) is 61.7 cm³/mol. The molecule has 0 spiro atoms. The molecule has 3 rings (SSSR count). The van der Waals surface area contributed by atoms with Crippen molar-refractivity contribution in [3.05, 3.63) is 18.0 Å². The third kappa shape index (κ3) is 1.71. The van der Waals surface area contributed by atoms with Gasteiger partial charge in [-0.25, -0.2) is 8.42 Å². The second-order valence-electron chi connectivity index (χ2n) is 4.93. The second kappa shape index (κ2) is 3.83. The van der Waals surface area contributed by atoms with E-state index in [-0.39, 0.29) is 17.5 Å². The van der Waals surface area contributed by atoms with Crippen molar-refractivity contribution in [2.75, 3.05) is 6.54 Å². The molecule has 6 heteroatoms. The van der Waals surface area contributed by atoms with Crippen molar-refractivity contribution in [3.63, 3.8) is 0 Å². The number of aliphatic hydroxyl groups excluding tert-OH is 1. The highest BCUT2D eigenvalue weighted by atomic mass is 32.2. The van der Waals surface area contributed by atoms with Crippen LogP contribution in [0.15, 0.2) is 17.2 Å². The van der Waals surface area contributed by atoms with Crippen molar-refractivity contribution >= 4 is 10.0 Å². The van der Waals surface area contributed by atoms with E-state index >= 15 is 0 Å². The number of aliphatic hydroxyl groups is 1. The van der Waals surface area contributed by atoms with Crippen molar-refractivity contribution in [3.8, 4) is 0 Å². The quantitative estimate of drug-likeness (QED) is 0.835. The van der Waals surface area contributed by atoms with Crippen molar-refractivity contribution in [2.24, 2.45) is 5.92 Å².